The van der Waals surface area contributed by atoms with Gasteiger partial charge in [0.05, 0.1) is 6.26 Å². The van der Waals surface area contributed by atoms with Gasteiger partial charge in [-0.05, 0) is 24.9 Å². The van der Waals surface area contributed by atoms with Crippen LogP contribution in [0.4, 0.5) is 0 Å². The van der Waals surface area contributed by atoms with Gasteiger partial charge in [0, 0.05) is 19.2 Å². The number of rotatable bonds is 4. The third-order valence-corrected chi connectivity index (χ3v) is 2.62. The van der Waals surface area contributed by atoms with Gasteiger partial charge in [-0.2, -0.15) is 0 Å². The van der Waals surface area contributed by atoms with Crippen LogP contribution in [0.5, 0.6) is 0 Å². The standard InChI is InChI=1S/C12H20N2O2/c1-9-5-6-16-10(9)11(15)14(4)8-12(2,3)7-13/h5-6H,7-8,13H2,1-4H3. The Morgan fingerprint density at radius 2 is 2.19 bits per heavy atom. The molecule has 0 saturated heterocycles. The molecule has 0 aliphatic rings. The summed E-state index contributed by atoms with van der Waals surface area (Å²) in [6.07, 6.45) is 1.53. The predicted molar refractivity (Wildman–Crippen MR) is 63.2 cm³/mol. The molecule has 1 rings (SSSR count). The quantitative estimate of drug-likeness (QED) is 0.845. The molecule has 0 saturated carbocycles. The highest BCUT2D eigenvalue weighted by Crippen LogP contribution is 2.17. The van der Waals surface area contributed by atoms with Crippen LogP contribution in [0.1, 0.15) is 30.0 Å². The first kappa shape index (κ1) is 12.8. The fourth-order valence-electron chi connectivity index (χ4n) is 1.54. The van der Waals surface area contributed by atoms with Gasteiger partial charge in [-0.3, -0.25) is 4.79 Å². The molecule has 1 aromatic rings. The Morgan fingerprint density at radius 1 is 1.56 bits per heavy atom. The van der Waals surface area contributed by atoms with Gasteiger partial charge in [-0.25, -0.2) is 0 Å². The molecule has 0 fully saturated rings. The maximum absolute atomic E-state index is 12.0. The Hall–Kier alpha value is -1.29. The van der Waals surface area contributed by atoms with Crippen molar-refractivity contribution in [3.8, 4) is 0 Å². The van der Waals surface area contributed by atoms with E-state index in [0.29, 0.717) is 18.8 Å². The first-order chi connectivity index (χ1) is 7.37. The molecule has 0 aliphatic heterocycles. The molecule has 2 N–H and O–H groups in total. The van der Waals surface area contributed by atoms with E-state index >= 15 is 0 Å². The Balaban J connectivity index is 2.73. The second-order valence-electron chi connectivity index (χ2n) is 4.96. The highest BCUT2D eigenvalue weighted by Gasteiger charge is 2.24. The minimum Gasteiger partial charge on any atom is -0.459 e. The van der Waals surface area contributed by atoms with Crippen LogP contribution in [0, 0.1) is 12.3 Å². The summed E-state index contributed by atoms with van der Waals surface area (Å²) < 4.78 is 5.17. The summed E-state index contributed by atoms with van der Waals surface area (Å²) in [5.41, 5.74) is 6.43. The van der Waals surface area contributed by atoms with Crippen molar-refractivity contribution in [1.29, 1.82) is 0 Å². The summed E-state index contributed by atoms with van der Waals surface area (Å²) >= 11 is 0. The highest BCUT2D eigenvalue weighted by atomic mass is 16.3. The summed E-state index contributed by atoms with van der Waals surface area (Å²) in [6.45, 7) is 7.08. The second kappa shape index (κ2) is 4.70. The molecule has 1 amide bonds. The van der Waals surface area contributed by atoms with Gasteiger partial charge >= 0.3 is 0 Å². The maximum Gasteiger partial charge on any atom is 0.289 e. The molecule has 0 atom stereocenters. The number of amides is 1. The normalized spacial score (nSPS) is 11.6. The smallest absolute Gasteiger partial charge is 0.289 e. The predicted octanol–water partition coefficient (Wildman–Crippen LogP) is 1.64. The van der Waals surface area contributed by atoms with Gasteiger partial charge in [0.25, 0.3) is 5.91 Å². The number of carbonyl (C=O) groups excluding carboxylic acids is 1. The lowest BCUT2D eigenvalue weighted by Crippen LogP contribution is -2.39. The van der Waals surface area contributed by atoms with Crippen LogP contribution in [0.25, 0.3) is 0 Å². The number of hydrogen-bond donors (Lipinski definition) is 1. The van der Waals surface area contributed by atoms with Crippen molar-refractivity contribution in [3.63, 3.8) is 0 Å². The SMILES string of the molecule is Cc1ccoc1C(=O)N(C)CC(C)(C)CN. The molecule has 90 valence electrons. The largest absolute Gasteiger partial charge is 0.459 e. The van der Waals surface area contributed by atoms with Crippen LogP contribution in [-0.4, -0.2) is 30.9 Å². The number of hydrogen-bond acceptors (Lipinski definition) is 3. The van der Waals surface area contributed by atoms with Crippen LogP contribution in [0.3, 0.4) is 0 Å². The molecule has 1 aromatic heterocycles. The number of furan rings is 1. The van der Waals surface area contributed by atoms with Crippen LogP contribution in [0.2, 0.25) is 0 Å². The zero-order valence-electron chi connectivity index (χ0n) is 10.4. The molecule has 0 unspecified atom stereocenters. The number of nitrogens with two attached hydrogens (primary N) is 1. The molecule has 0 aromatic carbocycles. The van der Waals surface area contributed by atoms with E-state index in [9.17, 15) is 4.79 Å². The van der Waals surface area contributed by atoms with E-state index < -0.39 is 0 Å². The molecule has 16 heavy (non-hydrogen) atoms. The molecule has 4 nitrogen and oxygen atoms in total. The minimum absolute atomic E-state index is 0.0785. The van der Waals surface area contributed by atoms with Crippen molar-refractivity contribution in [1.82, 2.24) is 4.90 Å². The van der Waals surface area contributed by atoms with Gasteiger partial charge in [0.2, 0.25) is 0 Å². The van der Waals surface area contributed by atoms with Crippen LogP contribution >= 0.6 is 0 Å². The fraction of sp³-hybridized carbons (Fsp3) is 0.583. The highest BCUT2D eigenvalue weighted by molar-refractivity contribution is 5.92. The van der Waals surface area contributed by atoms with Crippen LogP contribution in [-0.2, 0) is 0 Å². The van der Waals surface area contributed by atoms with Crippen molar-refractivity contribution in [2.45, 2.75) is 20.8 Å². The Kier molecular flexibility index (Phi) is 3.75. The average molecular weight is 224 g/mol. The summed E-state index contributed by atoms with van der Waals surface area (Å²) in [6, 6.07) is 1.79. The summed E-state index contributed by atoms with van der Waals surface area (Å²) in [4.78, 5) is 13.7. The first-order valence-corrected chi connectivity index (χ1v) is 5.37. The summed E-state index contributed by atoms with van der Waals surface area (Å²) in [5.74, 6) is 0.319. The zero-order valence-corrected chi connectivity index (χ0v) is 10.4. The fourth-order valence-corrected chi connectivity index (χ4v) is 1.54. The van der Waals surface area contributed by atoms with Crippen molar-refractivity contribution in [3.05, 3.63) is 23.7 Å². The number of nitrogens with zero attached hydrogens (tertiary/aromatic N) is 1. The van der Waals surface area contributed by atoms with Gasteiger partial charge in [0.15, 0.2) is 5.76 Å². The van der Waals surface area contributed by atoms with Crippen LogP contribution in [0.15, 0.2) is 16.7 Å². The van der Waals surface area contributed by atoms with E-state index in [4.69, 9.17) is 10.2 Å². The van der Waals surface area contributed by atoms with Gasteiger partial charge in [-0.15, -0.1) is 0 Å². The lowest BCUT2D eigenvalue weighted by Gasteiger charge is -2.28. The summed E-state index contributed by atoms with van der Waals surface area (Å²) in [5, 5.41) is 0. The lowest BCUT2D eigenvalue weighted by molar-refractivity contribution is 0.0708. The number of aryl methyl sites for hydroxylation is 1. The van der Waals surface area contributed by atoms with E-state index in [1.165, 1.54) is 6.26 Å². The molecule has 4 heteroatoms. The summed E-state index contributed by atoms with van der Waals surface area (Å²) in [7, 11) is 1.77. The lowest BCUT2D eigenvalue weighted by atomic mass is 9.93. The zero-order chi connectivity index (χ0) is 12.3. The molecule has 0 bridgehead atoms. The molecule has 0 radical (unpaired) electrons. The van der Waals surface area contributed by atoms with E-state index in [1.54, 1.807) is 18.0 Å². The third kappa shape index (κ3) is 2.85. The average Bonchev–Trinajstić information content (AvgIpc) is 2.62. The van der Waals surface area contributed by atoms with Gasteiger partial charge in [0.1, 0.15) is 0 Å². The van der Waals surface area contributed by atoms with E-state index in [-0.39, 0.29) is 11.3 Å². The van der Waals surface area contributed by atoms with Crippen molar-refractivity contribution < 1.29 is 9.21 Å². The molecular weight excluding hydrogens is 204 g/mol. The minimum atomic E-state index is -0.0935. The maximum atomic E-state index is 12.0. The van der Waals surface area contributed by atoms with Crippen molar-refractivity contribution >= 4 is 5.91 Å². The van der Waals surface area contributed by atoms with E-state index in [0.717, 1.165) is 5.56 Å². The van der Waals surface area contributed by atoms with Crippen molar-refractivity contribution in [2.24, 2.45) is 11.1 Å². The van der Waals surface area contributed by atoms with E-state index in [1.807, 2.05) is 20.8 Å². The monoisotopic (exact) mass is 224 g/mol. The van der Waals surface area contributed by atoms with E-state index in [2.05, 4.69) is 0 Å². The second-order valence-corrected chi connectivity index (χ2v) is 4.96. The third-order valence-electron chi connectivity index (χ3n) is 2.62. The van der Waals surface area contributed by atoms with Crippen molar-refractivity contribution in [2.75, 3.05) is 20.1 Å². The van der Waals surface area contributed by atoms with Crippen LogP contribution < -0.4 is 5.73 Å². The first-order valence-electron chi connectivity index (χ1n) is 5.37. The Labute approximate surface area is 96.4 Å². The number of carbonyl (C=O) groups is 1. The molecular formula is C12H20N2O2. The molecule has 0 spiro atoms. The topological polar surface area (TPSA) is 59.5 Å². The van der Waals surface area contributed by atoms with Gasteiger partial charge in [-0.1, -0.05) is 13.8 Å². The Bertz CT molecular complexity index is 369. The molecule has 0 aliphatic carbocycles. The Morgan fingerprint density at radius 3 is 2.62 bits per heavy atom. The molecule has 1 heterocycles. The van der Waals surface area contributed by atoms with Gasteiger partial charge < -0.3 is 15.1 Å².